The van der Waals surface area contributed by atoms with Gasteiger partial charge in [-0.05, 0) is 25.0 Å². The van der Waals surface area contributed by atoms with Gasteiger partial charge in [0.1, 0.15) is 0 Å². The normalized spacial score (nSPS) is 15.4. The van der Waals surface area contributed by atoms with Crippen LogP contribution in [0.1, 0.15) is 23.2 Å². The Bertz CT molecular complexity index is 499. The fourth-order valence-corrected chi connectivity index (χ4v) is 2.65. The fourth-order valence-electron chi connectivity index (χ4n) is 2.65. The van der Waals surface area contributed by atoms with E-state index in [0.717, 1.165) is 18.4 Å². The zero-order chi connectivity index (χ0) is 16.5. The van der Waals surface area contributed by atoms with Crippen LogP contribution in [-0.2, 0) is 9.53 Å². The van der Waals surface area contributed by atoms with Gasteiger partial charge in [-0.15, -0.1) is 0 Å². The predicted octanol–water partition coefficient (Wildman–Crippen LogP) is 0.643. The van der Waals surface area contributed by atoms with Gasteiger partial charge in [0.15, 0.2) is 0 Å². The van der Waals surface area contributed by atoms with Crippen molar-refractivity contribution < 1.29 is 14.3 Å². The molecule has 2 N–H and O–H groups in total. The van der Waals surface area contributed by atoms with Crippen molar-refractivity contribution in [2.24, 2.45) is 0 Å². The molecule has 0 spiro atoms. The second-order valence-electron chi connectivity index (χ2n) is 5.67. The van der Waals surface area contributed by atoms with E-state index >= 15 is 0 Å². The fraction of sp³-hybridized carbons (Fsp3) is 0.529. The average molecular weight is 319 g/mol. The molecule has 1 aromatic rings. The number of methoxy groups -OCH3 is 1. The predicted molar refractivity (Wildman–Crippen MR) is 88.3 cm³/mol. The minimum Gasteiger partial charge on any atom is -0.383 e. The molecular weight excluding hydrogens is 294 g/mol. The van der Waals surface area contributed by atoms with Gasteiger partial charge < -0.3 is 20.3 Å². The van der Waals surface area contributed by atoms with Crippen molar-refractivity contribution in [1.29, 1.82) is 0 Å². The van der Waals surface area contributed by atoms with Gasteiger partial charge in [0.2, 0.25) is 5.91 Å². The maximum atomic E-state index is 12.3. The van der Waals surface area contributed by atoms with Gasteiger partial charge in [-0.25, -0.2) is 0 Å². The molecule has 0 atom stereocenters. The molecule has 0 aliphatic carbocycles. The third-order valence-electron chi connectivity index (χ3n) is 3.94. The molecule has 1 aliphatic rings. The van der Waals surface area contributed by atoms with Crippen LogP contribution in [0.4, 0.5) is 0 Å². The number of hydrogen-bond acceptors (Lipinski definition) is 4. The number of likely N-dealkylation sites (tertiary alicyclic amines) is 1. The minimum absolute atomic E-state index is 0.00561. The molecule has 0 aromatic heterocycles. The van der Waals surface area contributed by atoms with Gasteiger partial charge >= 0.3 is 0 Å². The third-order valence-corrected chi connectivity index (χ3v) is 3.94. The Morgan fingerprint density at radius 1 is 1.22 bits per heavy atom. The molecule has 6 nitrogen and oxygen atoms in total. The van der Waals surface area contributed by atoms with E-state index in [1.807, 2.05) is 35.2 Å². The highest BCUT2D eigenvalue weighted by molar-refractivity contribution is 5.94. The van der Waals surface area contributed by atoms with Crippen LogP contribution in [0.25, 0.3) is 0 Å². The molecule has 2 rings (SSSR count). The molecule has 2 amide bonds. The van der Waals surface area contributed by atoms with E-state index in [2.05, 4.69) is 10.6 Å². The molecule has 1 heterocycles. The number of nitrogens with one attached hydrogen (secondary N) is 2. The Labute approximate surface area is 137 Å². The Morgan fingerprint density at radius 3 is 2.57 bits per heavy atom. The van der Waals surface area contributed by atoms with Crippen molar-refractivity contribution >= 4 is 11.8 Å². The molecular formula is C17H25N3O3. The zero-order valence-electron chi connectivity index (χ0n) is 13.6. The summed E-state index contributed by atoms with van der Waals surface area (Å²) in [6, 6.07) is 9.46. The molecule has 126 valence electrons. The highest BCUT2D eigenvalue weighted by atomic mass is 16.5. The summed E-state index contributed by atoms with van der Waals surface area (Å²) in [7, 11) is 1.63. The Morgan fingerprint density at radius 2 is 1.91 bits per heavy atom. The molecule has 1 saturated heterocycles. The highest BCUT2D eigenvalue weighted by Crippen LogP contribution is 2.13. The highest BCUT2D eigenvalue weighted by Gasteiger charge is 2.24. The lowest BCUT2D eigenvalue weighted by molar-refractivity contribution is -0.121. The second-order valence-corrected chi connectivity index (χ2v) is 5.67. The summed E-state index contributed by atoms with van der Waals surface area (Å²) >= 11 is 0. The van der Waals surface area contributed by atoms with Crippen LogP contribution in [0.3, 0.4) is 0 Å². The van der Waals surface area contributed by atoms with Crippen LogP contribution < -0.4 is 10.6 Å². The van der Waals surface area contributed by atoms with Crippen molar-refractivity contribution in [1.82, 2.24) is 15.5 Å². The summed E-state index contributed by atoms with van der Waals surface area (Å²) in [6.45, 7) is 2.90. The van der Waals surface area contributed by atoms with E-state index in [4.69, 9.17) is 4.74 Å². The first kappa shape index (κ1) is 17.4. The first-order chi connectivity index (χ1) is 11.2. The molecule has 6 heteroatoms. The molecule has 1 fully saturated rings. The first-order valence-corrected chi connectivity index (χ1v) is 8.04. The minimum atomic E-state index is -0.00561. The molecule has 0 bridgehead atoms. The molecule has 0 radical (unpaired) electrons. The molecule has 0 unspecified atom stereocenters. The maximum absolute atomic E-state index is 12.3. The van der Waals surface area contributed by atoms with Crippen LogP contribution in [0.2, 0.25) is 0 Å². The SMILES string of the molecule is COCCNCC(=O)NC1CCN(C(=O)c2ccccc2)CC1. The quantitative estimate of drug-likeness (QED) is 0.724. The summed E-state index contributed by atoms with van der Waals surface area (Å²) < 4.78 is 4.91. The average Bonchev–Trinajstić information content (AvgIpc) is 2.59. The van der Waals surface area contributed by atoms with E-state index in [9.17, 15) is 9.59 Å². The van der Waals surface area contributed by atoms with E-state index in [0.29, 0.717) is 32.8 Å². The Kier molecular flexibility index (Phi) is 7.03. The largest absolute Gasteiger partial charge is 0.383 e. The summed E-state index contributed by atoms with van der Waals surface area (Å²) in [6.07, 6.45) is 1.59. The number of carbonyl (C=O) groups is 2. The Balaban J connectivity index is 1.69. The standard InChI is InChI=1S/C17H25N3O3/c1-23-12-9-18-13-16(21)19-15-7-10-20(11-8-15)17(22)14-5-3-2-4-6-14/h2-6,15,18H,7-13H2,1H3,(H,19,21). The molecule has 1 aromatic carbocycles. The van der Waals surface area contributed by atoms with Crippen LogP contribution in [-0.4, -0.2) is 62.7 Å². The maximum Gasteiger partial charge on any atom is 0.253 e. The second kappa shape index (κ2) is 9.27. The number of benzene rings is 1. The van der Waals surface area contributed by atoms with Crippen LogP contribution in [0.15, 0.2) is 30.3 Å². The van der Waals surface area contributed by atoms with Crippen molar-refractivity contribution in [3.8, 4) is 0 Å². The van der Waals surface area contributed by atoms with Gasteiger partial charge in [0.05, 0.1) is 13.2 Å². The lowest BCUT2D eigenvalue weighted by Crippen LogP contribution is -2.48. The van der Waals surface area contributed by atoms with Gasteiger partial charge in [0, 0.05) is 38.3 Å². The van der Waals surface area contributed by atoms with E-state index < -0.39 is 0 Å². The summed E-state index contributed by atoms with van der Waals surface area (Å²) in [4.78, 5) is 26.0. The van der Waals surface area contributed by atoms with Crippen LogP contribution in [0.5, 0.6) is 0 Å². The summed E-state index contributed by atoms with van der Waals surface area (Å²) in [5, 5.41) is 6.04. The summed E-state index contributed by atoms with van der Waals surface area (Å²) in [5.74, 6) is 0.0607. The van der Waals surface area contributed by atoms with E-state index in [-0.39, 0.29) is 17.9 Å². The lowest BCUT2D eigenvalue weighted by Gasteiger charge is -2.32. The number of ether oxygens (including phenoxy) is 1. The number of rotatable bonds is 7. The summed E-state index contributed by atoms with van der Waals surface area (Å²) in [5.41, 5.74) is 0.720. The third kappa shape index (κ3) is 5.65. The number of piperidine rings is 1. The van der Waals surface area contributed by atoms with Gasteiger partial charge in [-0.3, -0.25) is 9.59 Å². The zero-order valence-corrected chi connectivity index (χ0v) is 13.6. The molecule has 23 heavy (non-hydrogen) atoms. The first-order valence-electron chi connectivity index (χ1n) is 8.04. The van der Waals surface area contributed by atoms with Gasteiger partial charge in [-0.1, -0.05) is 18.2 Å². The lowest BCUT2D eigenvalue weighted by atomic mass is 10.0. The van der Waals surface area contributed by atoms with Crippen LogP contribution >= 0.6 is 0 Å². The van der Waals surface area contributed by atoms with Crippen molar-refractivity contribution in [2.45, 2.75) is 18.9 Å². The number of amides is 2. The van der Waals surface area contributed by atoms with Crippen molar-refractivity contribution in [3.63, 3.8) is 0 Å². The smallest absolute Gasteiger partial charge is 0.253 e. The van der Waals surface area contributed by atoms with Crippen molar-refractivity contribution in [3.05, 3.63) is 35.9 Å². The number of nitrogens with zero attached hydrogens (tertiary/aromatic N) is 1. The monoisotopic (exact) mass is 319 g/mol. The number of hydrogen-bond donors (Lipinski definition) is 2. The van der Waals surface area contributed by atoms with Gasteiger partial charge in [0.25, 0.3) is 5.91 Å². The molecule has 0 saturated carbocycles. The van der Waals surface area contributed by atoms with Crippen molar-refractivity contribution in [2.75, 3.05) is 39.9 Å². The van der Waals surface area contributed by atoms with Gasteiger partial charge in [-0.2, -0.15) is 0 Å². The van der Waals surface area contributed by atoms with E-state index in [1.54, 1.807) is 7.11 Å². The Hall–Kier alpha value is -1.92. The van der Waals surface area contributed by atoms with E-state index in [1.165, 1.54) is 0 Å². The number of carbonyl (C=O) groups excluding carboxylic acids is 2. The van der Waals surface area contributed by atoms with Crippen LogP contribution in [0, 0.1) is 0 Å². The topological polar surface area (TPSA) is 70.7 Å². The molecule has 1 aliphatic heterocycles.